The standard InChI is InChI=1S/C19H24O6/c1-11(2)6-5-7-12(3)8-9-25-15-10-14(21)17(19(23)24)18(22)16(15)13(4)20/h6,8,10,21-22H,5,7,9H2,1-4H3,(H,23,24)/b12-8+. The van der Waals surface area contributed by atoms with Crippen LogP contribution in [0.15, 0.2) is 29.4 Å². The van der Waals surface area contributed by atoms with Crippen molar-refractivity contribution in [1.29, 1.82) is 0 Å². The van der Waals surface area contributed by atoms with Crippen molar-refractivity contribution in [3.8, 4) is 17.2 Å². The van der Waals surface area contributed by atoms with E-state index in [2.05, 4.69) is 6.08 Å². The van der Waals surface area contributed by atoms with Gasteiger partial charge in [-0.25, -0.2) is 4.79 Å². The molecule has 0 fully saturated rings. The van der Waals surface area contributed by atoms with Crippen molar-refractivity contribution >= 4 is 11.8 Å². The van der Waals surface area contributed by atoms with Gasteiger partial charge in [-0.05, 0) is 46.6 Å². The summed E-state index contributed by atoms with van der Waals surface area (Å²) < 4.78 is 5.47. The number of carboxylic acid groups (broad SMARTS) is 1. The monoisotopic (exact) mass is 348 g/mol. The third-order valence-corrected chi connectivity index (χ3v) is 3.57. The van der Waals surface area contributed by atoms with Gasteiger partial charge in [-0.3, -0.25) is 4.79 Å². The highest BCUT2D eigenvalue weighted by Crippen LogP contribution is 2.38. The summed E-state index contributed by atoms with van der Waals surface area (Å²) in [5, 5.41) is 28.8. The Bertz CT molecular complexity index is 724. The average molecular weight is 348 g/mol. The number of aromatic carboxylic acids is 1. The van der Waals surface area contributed by atoms with E-state index in [1.54, 1.807) is 0 Å². The molecule has 6 nitrogen and oxygen atoms in total. The Kier molecular flexibility index (Phi) is 7.23. The molecule has 136 valence electrons. The van der Waals surface area contributed by atoms with Crippen LogP contribution >= 0.6 is 0 Å². The highest BCUT2D eigenvalue weighted by molar-refractivity contribution is 6.05. The van der Waals surface area contributed by atoms with Crippen molar-refractivity contribution < 1.29 is 29.6 Å². The molecule has 0 aliphatic rings. The van der Waals surface area contributed by atoms with Gasteiger partial charge in [0.25, 0.3) is 0 Å². The van der Waals surface area contributed by atoms with E-state index in [0.29, 0.717) is 0 Å². The van der Waals surface area contributed by atoms with Gasteiger partial charge in [0.2, 0.25) is 0 Å². The number of phenols is 2. The van der Waals surface area contributed by atoms with E-state index in [1.807, 2.05) is 26.8 Å². The number of hydrogen-bond donors (Lipinski definition) is 3. The minimum Gasteiger partial charge on any atom is -0.507 e. The molecule has 0 atom stereocenters. The van der Waals surface area contributed by atoms with Gasteiger partial charge in [-0.2, -0.15) is 0 Å². The summed E-state index contributed by atoms with van der Waals surface area (Å²) in [4.78, 5) is 22.8. The second-order valence-electron chi connectivity index (χ2n) is 6.04. The van der Waals surface area contributed by atoms with E-state index in [0.717, 1.165) is 24.5 Å². The minimum absolute atomic E-state index is 0.0548. The molecule has 1 aromatic carbocycles. The molecule has 0 radical (unpaired) electrons. The number of ether oxygens (including phenoxy) is 1. The number of carbonyl (C=O) groups is 2. The number of benzene rings is 1. The molecule has 6 heteroatoms. The van der Waals surface area contributed by atoms with Crippen LogP contribution in [0.3, 0.4) is 0 Å². The number of ketones is 1. The first-order valence-corrected chi connectivity index (χ1v) is 7.90. The van der Waals surface area contributed by atoms with Gasteiger partial charge in [0.1, 0.15) is 35.0 Å². The molecule has 0 unspecified atom stereocenters. The Balaban J connectivity index is 2.97. The Morgan fingerprint density at radius 3 is 2.24 bits per heavy atom. The van der Waals surface area contributed by atoms with Gasteiger partial charge in [0.15, 0.2) is 5.78 Å². The van der Waals surface area contributed by atoms with E-state index in [9.17, 15) is 19.8 Å². The molecule has 0 heterocycles. The van der Waals surface area contributed by atoms with Gasteiger partial charge < -0.3 is 20.1 Å². The van der Waals surface area contributed by atoms with Crippen LogP contribution < -0.4 is 4.74 Å². The first kappa shape index (κ1) is 20.3. The Hall–Kier alpha value is -2.76. The summed E-state index contributed by atoms with van der Waals surface area (Å²) in [5.41, 5.74) is 1.37. The molecule has 0 saturated heterocycles. The predicted octanol–water partition coefficient (Wildman–Crippen LogP) is 4.07. The van der Waals surface area contributed by atoms with Gasteiger partial charge in [-0.1, -0.05) is 17.2 Å². The quantitative estimate of drug-likeness (QED) is 0.483. The molecule has 0 bridgehead atoms. The third kappa shape index (κ3) is 5.67. The van der Waals surface area contributed by atoms with Gasteiger partial charge in [0, 0.05) is 6.07 Å². The average Bonchev–Trinajstić information content (AvgIpc) is 2.45. The summed E-state index contributed by atoms with van der Waals surface area (Å²) in [6.45, 7) is 7.34. The van der Waals surface area contributed by atoms with E-state index in [-0.39, 0.29) is 17.9 Å². The Labute approximate surface area is 147 Å². The lowest BCUT2D eigenvalue weighted by Crippen LogP contribution is -2.07. The molecular formula is C19H24O6. The van der Waals surface area contributed by atoms with Gasteiger partial charge in [-0.15, -0.1) is 0 Å². The number of rotatable bonds is 8. The molecule has 1 aromatic rings. The summed E-state index contributed by atoms with van der Waals surface area (Å²) in [7, 11) is 0. The first-order valence-electron chi connectivity index (χ1n) is 7.90. The molecule has 3 N–H and O–H groups in total. The summed E-state index contributed by atoms with van der Waals surface area (Å²) in [6, 6.07) is 1.03. The van der Waals surface area contributed by atoms with Crippen LogP contribution in [0.4, 0.5) is 0 Å². The molecular weight excluding hydrogens is 324 g/mol. The smallest absolute Gasteiger partial charge is 0.343 e. The fourth-order valence-corrected chi connectivity index (χ4v) is 2.26. The molecule has 25 heavy (non-hydrogen) atoms. The maximum Gasteiger partial charge on any atom is 0.343 e. The van der Waals surface area contributed by atoms with E-state index in [1.165, 1.54) is 12.5 Å². The van der Waals surface area contributed by atoms with Crippen molar-refractivity contribution in [2.45, 2.75) is 40.5 Å². The fraction of sp³-hybridized carbons (Fsp3) is 0.368. The number of carboxylic acids is 1. The van der Waals surface area contributed by atoms with Crippen LogP contribution in [-0.2, 0) is 0 Å². The Morgan fingerprint density at radius 2 is 1.72 bits per heavy atom. The van der Waals surface area contributed by atoms with E-state index >= 15 is 0 Å². The van der Waals surface area contributed by atoms with Crippen LogP contribution in [0.5, 0.6) is 17.2 Å². The van der Waals surface area contributed by atoms with Crippen molar-refractivity contribution in [1.82, 2.24) is 0 Å². The third-order valence-electron chi connectivity index (χ3n) is 3.57. The molecule has 0 spiro atoms. The fourth-order valence-electron chi connectivity index (χ4n) is 2.26. The van der Waals surface area contributed by atoms with Crippen LogP contribution in [0.2, 0.25) is 0 Å². The zero-order valence-corrected chi connectivity index (χ0v) is 14.9. The van der Waals surface area contributed by atoms with Gasteiger partial charge >= 0.3 is 5.97 Å². The SMILES string of the molecule is CC(=O)c1c(OC/C=C(\C)CCC=C(C)C)cc(O)c(C(=O)O)c1O. The topological polar surface area (TPSA) is 104 Å². The van der Waals surface area contributed by atoms with Crippen LogP contribution in [0.1, 0.15) is 61.3 Å². The maximum atomic E-state index is 11.7. The zero-order chi connectivity index (χ0) is 19.1. The molecule has 0 aliphatic heterocycles. The Morgan fingerprint density at radius 1 is 1.08 bits per heavy atom. The first-order chi connectivity index (χ1) is 11.6. The van der Waals surface area contributed by atoms with Crippen LogP contribution in [0, 0.1) is 0 Å². The lowest BCUT2D eigenvalue weighted by atomic mass is 10.0. The highest BCUT2D eigenvalue weighted by Gasteiger charge is 2.25. The van der Waals surface area contributed by atoms with Crippen LogP contribution in [-0.4, -0.2) is 33.7 Å². The summed E-state index contributed by atoms with van der Waals surface area (Å²) >= 11 is 0. The molecule has 0 aromatic heterocycles. The molecule has 0 saturated carbocycles. The molecule has 0 aliphatic carbocycles. The maximum absolute atomic E-state index is 11.7. The largest absolute Gasteiger partial charge is 0.507 e. The number of aromatic hydroxyl groups is 2. The zero-order valence-electron chi connectivity index (χ0n) is 14.9. The molecule has 0 amide bonds. The predicted molar refractivity (Wildman–Crippen MR) is 94.7 cm³/mol. The van der Waals surface area contributed by atoms with Crippen molar-refractivity contribution in [2.24, 2.45) is 0 Å². The normalized spacial score (nSPS) is 11.1. The molecule has 1 rings (SSSR count). The van der Waals surface area contributed by atoms with Crippen molar-refractivity contribution in [3.05, 3.63) is 40.5 Å². The van der Waals surface area contributed by atoms with Crippen LogP contribution in [0.25, 0.3) is 0 Å². The van der Waals surface area contributed by atoms with Gasteiger partial charge in [0.05, 0.1) is 0 Å². The number of hydrogen-bond acceptors (Lipinski definition) is 5. The van der Waals surface area contributed by atoms with E-state index < -0.39 is 28.8 Å². The summed E-state index contributed by atoms with van der Waals surface area (Å²) in [5.74, 6) is -3.59. The summed E-state index contributed by atoms with van der Waals surface area (Å²) in [6.07, 6.45) is 5.75. The lowest BCUT2D eigenvalue weighted by molar-refractivity contribution is 0.0690. The lowest BCUT2D eigenvalue weighted by Gasteiger charge is -2.13. The van der Waals surface area contributed by atoms with E-state index in [4.69, 9.17) is 9.84 Å². The van der Waals surface area contributed by atoms with Crippen molar-refractivity contribution in [2.75, 3.05) is 6.61 Å². The second-order valence-corrected chi connectivity index (χ2v) is 6.04. The number of allylic oxidation sites excluding steroid dienone is 3. The number of Topliss-reactive ketones (excluding diaryl/α,β-unsaturated/α-hetero) is 1. The number of carbonyl (C=O) groups excluding carboxylic acids is 1. The second kappa shape index (κ2) is 8.92. The minimum atomic E-state index is -1.53. The van der Waals surface area contributed by atoms with Crippen molar-refractivity contribution in [3.63, 3.8) is 0 Å². The highest BCUT2D eigenvalue weighted by atomic mass is 16.5.